The summed E-state index contributed by atoms with van der Waals surface area (Å²) in [5.74, 6) is -0.260. The lowest BCUT2D eigenvalue weighted by Gasteiger charge is -2.05. The number of nitrogens with zero attached hydrogens (tertiary/aromatic N) is 1. The third-order valence-electron chi connectivity index (χ3n) is 2.99. The smallest absolute Gasteiger partial charge is 0.275 e. The van der Waals surface area contributed by atoms with E-state index in [1.807, 2.05) is 32.0 Å². The Morgan fingerprint density at radius 2 is 1.89 bits per heavy atom. The number of aromatic nitrogens is 2. The minimum Gasteiger partial charge on any atom is -0.294 e. The number of Topliss-reactive ketones (excluding diaryl/α,β-unsaturated/α-hetero) is 1. The Labute approximate surface area is 105 Å². The number of hydrogen-bond acceptors (Lipinski definition) is 3. The summed E-state index contributed by atoms with van der Waals surface area (Å²) >= 11 is 0. The molecule has 0 aliphatic heterocycles. The highest BCUT2D eigenvalue weighted by molar-refractivity contribution is 5.94. The molecule has 0 fully saturated rings. The SMILES string of the molecule is CC(=O)c1cc(-c2ccc(C)c(C)c2)n[nH]c1=O. The third-order valence-corrected chi connectivity index (χ3v) is 2.99. The second-order valence-electron chi connectivity index (χ2n) is 4.35. The van der Waals surface area contributed by atoms with Gasteiger partial charge in [0, 0.05) is 5.56 Å². The van der Waals surface area contributed by atoms with E-state index in [4.69, 9.17) is 0 Å². The van der Waals surface area contributed by atoms with Crippen LogP contribution in [0.1, 0.15) is 28.4 Å². The van der Waals surface area contributed by atoms with Crippen molar-refractivity contribution >= 4 is 5.78 Å². The normalized spacial score (nSPS) is 10.4. The monoisotopic (exact) mass is 242 g/mol. The van der Waals surface area contributed by atoms with E-state index in [-0.39, 0.29) is 11.3 Å². The molecule has 1 aromatic carbocycles. The highest BCUT2D eigenvalue weighted by atomic mass is 16.1. The first-order valence-electron chi connectivity index (χ1n) is 5.67. The molecule has 1 heterocycles. The van der Waals surface area contributed by atoms with Crippen molar-refractivity contribution in [2.24, 2.45) is 0 Å². The zero-order chi connectivity index (χ0) is 13.3. The number of nitrogens with one attached hydrogen (secondary N) is 1. The molecule has 92 valence electrons. The Hall–Kier alpha value is -2.23. The summed E-state index contributed by atoms with van der Waals surface area (Å²) in [5, 5.41) is 6.33. The van der Waals surface area contributed by atoms with Crippen LogP contribution in [-0.2, 0) is 0 Å². The Kier molecular flexibility index (Phi) is 3.10. The van der Waals surface area contributed by atoms with Crippen molar-refractivity contribution in [3.8, 4) is 11.3 Å². The summed E-state index contributed by atoms with van der Waals surface area (Å²) in [6, 6.07) is 7.43. The molecule has 0 saturated heterocycles. The first-order valence-corrected chi connectivity index (χ1v) is 5.67. The van der Waals surface area contributed by atoms with Gasteiger partial charge < -0.3 is 0 Å². The topological polar surface area (TPSA) is 62.8 Å². The lowest BCUT2D eigenvalue weighted by molar-refractivity contribution is 0.101. The van der Waals surface area contributed by atoms with Gasteiger partial charge in [-0.15, -0.1) is 0 Å². The highest BCUT2D eigenvalue weighted by Gasteiger charge is 2.09. The van der Waals surface area contributed by atoms with E-state index in [1.165, 1.54) is 18.6 Å². The molecule has 0 aliphatic carbocycles. The van der Waals surface area contributed by atoms with Gasteiger partial charge in [-0.3, -0.25) is 9.59 Å². The van der Waals surface area contributed by atoms with Crippen LogP contribution >= 0.6 is 0 Å². The summed E-state index contributed by atoms with van der Waals surface area (Å²) in [7, 11) is 0. The second-order valence-corrected chi connectivity index (χ2v) is 4.35. The van der Waals surface area contributed by atoms with Gasteiger partial charge in [0.1, 0.15) is 0 Å². The third kappa shape index (κ3) is 2.22. The van der Waals surface area contributed by atoms with E-state index in [1.54, 1.807) is 0 Å². The molecule has 0 radical (unpaired) electrons. The number of benzene rings is 1. The molecule has 2 aromatic rings. The fourth-order valence-corrected chi connectivity index (χ4v) is 1.72. The maximum absolute atomic E-state index is 11.4. The molecular formula is C14H14N2O2. The summed E-state index contributed by atoms with van der Waals surface area (Å²) < 4.78 is 0. The van der Waals surface area contributed by atoms with Crippen LogP contribution in [0.5, 0.6) is 0 Å². The fourth-order valence-electron chi connectivity index (χ4n) is 1.72. The molecule has 1 aromatic heterocycles. The number of ketones is 1. The molecule has 2 rings (SSSR count). The molecule has 0 spiro atoms. The molecule has 0 saturated carbocycles. The standard InChI is InChI=1S/C14H14N2O2/c1-8-4-5-11(6-9(8)2)13-7-12(10(3)17)14(18)16-15-13/h4-7H,1-3H3,(H,16,18). The summed E-state index contributed by atoms with van der Waals surface area (Å²) in [6.45, 7) is 5.41. The first kappa shape index (κ1) is 12.2. The van der Waals surface area contributed by atoms with Gasteiger partial charge in [-0.1, -0.05) is 12.1 Å². The van der Waals surface area contributed by atoms with Gasteiger partial charge >= 0.3 is 0 Å². The Bertz CT molecular complexity index is 672. The highest BCUT2D eigenvalue weighted by Crippen LogP contribution is 2.19. The van der Waals surface area contributed by atoms with Crippen LogP contribution in [-0.4, -0.2) is 16.0 Å². The van der Waals surface area contributed by atoms with Gasteiger partial charge in [0.2, 0.25) is 0 Å². The van der Waals surface area contributed by atoms with Crippen LogP contribution in [0.2, 0.25) is 0 Å². The van der Waals surface area contributed by atoms with Gasteiger partial charge in [0.15, 0.2) is 5.78 Å². The van der Waals surface area contributed by atoms with Gasteiger partial charge in [-0.2, -0.15) is 5.10 Å². The predicted octanol–water partition coefficient (Wildman–Crippen LogP) is 2.26. The quantitative estimate of drug-likeness (QED) is 0.821. The summed E-state index contributed by atoms with van der Waals surface area (Å²) in [6.07, 6.45) is 0. The largest absolute Gasteiger partial charge is 0.294 e. The summed E-state index contributed by atoms with van der Waals surface area (Å²) in [4.78, 5) is 22.7. The van der Waals surface area contributed by atoms with Gasteiger partial charge in [0.25, 0.3) is 5.56 Å². The van der Waals surface area contributed by atoms with Crippen molar-refractivity contribution in [2.75, 3.05) is 0 Å². The van der Waals surface area contributed by atoms with Crippen molar-refractivity contribution in [1.29, 1.82) is 0 Å². The average molecular weight is 242 g/mol. The van der Waals surface area contributed by atoms with E-state index in [2.05, 4.69) is 10.2 Å². The van der Waals surface area contributed by atoms with Crippen molar-refractivity contribution < 1.29 is 4.79 Å². The van der Waals surface area contributed by atoms with Gasteiger partial charge in [-0.25, -0.2) is 5.10 Å². The van der Waals surface area contributed by atoms with E-state index in [0.717, 1.165) is 11.1 Å². The number of rotatable bonds is 2. The van der Waals surface area contributed by atoms with E-state index < -0.39 is 5.56 Å². The lowest BCUT2D eigenvalue weighted by Crippen LogP contribution is -2.17. The van der Waals surface area contributed by atoms with Crippen LogP contribution in [0, 0.1) is 13.8 Å². The average Bonchev–Trinajstić information content (AvgIpc) is 2.33. The van der Waals surface area contributed by atoms with Crippen molar-refractivity contribution in [2.45, 2.75) is 20.8 Å². The number of carbonyl (C=O) groups excluding carboxylic acids is 1. The number of aryl methyl sites for hydroxylation is 2. The number of H-pyrrole nitrogens is 1. The maximum Gasteiger partial charge on any atom is 0.275 e. The fraction of sp³-hybridized carbons (Fsp3) is 0.214. The van der Waals surface area contributed by atoms with Crippen LogP contribution in [0.4, 0.5) is 0 Å². The predicted molar refractivity (Wildman–Crippen MR) is 69.8 cm³/mol. The van der Waals surface area contributed by atoms with Gasteiger partial charge in [0.05, 0.1) is 11.3 Å². The van der Waals surface area contributed by atoms with Crippen molar-refractivity contribution in [3.05, 3.63) is 51.3 Å². The van der Waals surface area contributed by atoms with E-state index >= 15 is 0 Å². The molecule has 18 heavy (non-hydrogen) atoms. The van der Waals surface area contributed by atoms with Crippen molar-refractivity contribution in [1.82, 2.24) is 10.2 Å². The molecule has 0 atom stereocenters. The zero-order valence-corrected chi connectivity index (χ0v) is 10.6. The molecule has 0 bridgehead atoms. The van der Waals surface area contributed by atoms with E-state index in [9.17, 15) is 9.59 Å². The van der Waals surface area contributed by atoms with E-state index in [0.29, 0.717) is 5.69 Å². The first-order chi connectivity index (χ1) is 8.49. The number of hydrogen-bond donors (Lipinski definition) is 1. The van der Waals surface area contributed by atoms with Crippen LogP contribution in [0.3, 0.4) is 0 Å². The van der Waals surface area contributed by atoms with Crippen molar-refractivity contribution in [3.63, 3.8) is 0 Å². The second kappa shape index (κ2) is 4.56. The zero-order valence-electron chi connectivity index (χ0n) is 10.6. The molecular weight excluding hydrogens is 228 g/mol. The number of carbonyl (C=O) groups is 1. The Morgan fingerprint density at radius 1 is 1.17 bits per heavy atom. The molecule has 1 N–H and O–H groups in total. The Morgan fingerprint density at radius 3 is 2.50 bits per heavy atom. The van der Waals surface area contributed by atoms with Crippen LogP contribution < -0.4 is 5.56 Å². The number of aromatic amines is 1. The molecule has 0 amide bonds. The Balaban J connectivity index is 2.57. The minimum absolute atomic E-state index is 0.137. The summed E-state index contributed by atoms with van der Waals surface area (Å²) in [5.41, 5.74) is 3.51. The van der Waals surface area contributed by atoms with Gasteiger partial charge in [-0.05, 0) is 44.0 Å². The molecule has 4 nitrogen and oxygen atoms in total. The van der Waals surface area contributed by atoms with Crippen LogP contribution in [0.15, 0.2) is 29.1 Å². The maximum atomic E-state index is 11.4. The minimum atomic E-state index is -0.449. The lowest BCUT2D eigenvalue weighted by atomic mass is 10.0. The van der Waals surface area contributed by atoms with Crippen LogP contribution in [0.25, 0.3) is 11.3 Å². The molecule has 0 unspecified atom stereocenters. The molecule has 4 heteroatoms. The molecule has 0 aliphatic rings.